The molecule has 4 nitrogen and oxygen atoms in total. The lowest BCUT2D eigenvalue weighted by Crippen LogP contribution is -2.36. The van der Waals surface area contributed by atoms with E-state index in [-0.39, 0.29) is 12.1 Å². The highest BCUT2D eigenvalue weighted by molar-refractivity contribution is 5.94. The number of benzene rings is 2. The van der Waals surface area contributed by atoms with Crippen LogP contribution in [0.3, 0.4) is 0 Å². The molecular weight excluding hydrogens is 371 g/mol. The first-order chi connectivity index (χ1) is 12.7. The second kappa shape index (κ2) is 7.24. The Bertz CT molecular complexity index is 856. The van der Waals surface area contributed by atoms with Crippen molar-refractivity contribution >= 4 is 11.6 Å². The zero-order valence-electron chi connectivity index (χ0n) is 13.7. The summed E-state index contributed by atoms with van der Waals surface area (Å²) in [6.07, 6.45) is -5.90. The number of rotatable bonds is 3. The minimum Gasteiger partial charge on any atom is -0.378 e. The van der Waals surface area contributed by atoms with Gasteiger partial charge in [-0.15, -0.1) is 0 Å². The van der Waals surface area contributed by atoms with Crippen molar-refractivity contribution in [2.24, 2.45) is 5.92 Å². The van der Waals surface area contributed by atoms with Gasteiger partial charge >= 0.3 is 6.18 Å². The normalized spacial score (nSPS) is 22.7. The molecule has 9 heteroatoms. The Hall–Kier alpha value is -2.52. The topological polar surface area (TPSA) is 61.4 Å². The van der Waals surface area contributed by atoms with Crippen LogP contribution in [0.5, 0.6) is 0 Å². The van der Waals surface area contributed by atoms with Crippen LogP contribution in [0, 0.1) is 17.6 Å². The molecule has 1 aliphatic heterocycles. The average molecular weight is 386 g/mol. The summed E-state index contributed by atoms with van der Waals surface area (Å²) in [7, 11) is 0. The number of aliphatic hydroxyl groups is 1. The number of hydrogen-bond acceptors (Lipinski definition) is 3. The highest BCUT2D eigenvalue weighted by Crippen LogP contribution is 2.36. The van der Waals surface area contributed by atoms with E-state index in [1.807, 2.05) is 0 Å². The first-order valence-electron chi connectivity index (χ1n) is 8.02. The number of anilines is 1. The third kappa shape index (κ3) is 3.93. The third-order valence-electron chi connectivity index (χ3n) is 4.47. The predicted octanol–water partition coefficient (Wildman–Crippen LogP) is 3.24. The molecule has 1 aliphatic rings. The first kappa shape index (κ1) is 19.2. The van der Waals surface area contributed by atoms with Gasteiger partial charge in [-0.25, -0.2) is 8.78 Å². The summed E-state index contributed by atoms with van der Waals surface area (Å²) >= 11 is 0. The lowest BCUT2D eigenvalue weighted by atomic mass is 9.86. The highest BCUT2D eigenvalue weighted by atomic mass is 19.4. The first-order valence-corrected chi connectivity index (χ1v) is 8.02. The lowest BCUT2D eigenvalue weighted by molar-refractivity contribution is -0.137. The molecule has 2 aromatic rings. The summed E-state index contributed by atoms with van der Waals surface area (Å²) in [4.78, 5) is 12.5. The van der Waals surface area contributed by atoms with E-state index in [9.17, 15) is 31.9 Å². The van der Waals surface area contributed by atoms with Gasteiger partial charge in [-0.2, -0.15) is 13.2 Å². The number of amides is 1. The van der Waals surface area contributed by atoms with Crippen LogP contribution < -0.4 is 10.6 Å². The SMILES string of the molecule is O=C(Nc1cccc(F)c1F)C1C(O)NCC1c1cccc(C(F)(F)F)c1. The van der Waals surface area contributed by atoms with Gasteiger partial charge in [0.15, 0.2) is 11.6 Å². The summed E-state index contributed by atoms with van der Waals surface area (Å²) in [6, 6.07) is 7.66. The van der Waals surface area contributed by atoms with E-state index in [0.29, 0.717) is 0 Å². The van der Waals surface area contributed by atoms with Gasteiger partial charge in [-0.1, -0.05) is 24.3 Å². The monoisotopic (exact) mass is 386 g/mol. The molecule has 1 heterocycles. The fraction of sp³-hybridized carbons (Fsp3) is 0.278. The van der Waals surface area contributed by atoms with E-state index in [2.05, 4.69) is 10.6 Å². The van der Waals surface area contributed by atoms with Crippen molar-refractivity contribution in [1.82, 2.24) is 5.32 Å². The Labute approximate surface area is 151 Å². The number of carbonyl (C=O) groups is 1. The quantitative estimate of drug-likeness (QED) is 0.710. The maximum absolute atomic E-state index is 13.8. The van der Waals surface area contributed by atoms with Crippen LogP contribution in [0.2, 0.25) is 0 Å². The summed E-state index contributed by atoms with van der Waals surface area (Å²) in [5, 5.41) is 14.9. The van der Waals surface area contributed by atoms with Crippen LogP contribution >= 0.6 is 0 Å². The second-order valence-corrected chi connectivity index (χ2v) is 6.20. The summed E-state index contributed by atoms with van der Waals surface area (Å²) < 4.78 is 65.9. The van der Waals surface area contributed by atoms with Gasteiger partial charge in [0, 0.05) is 12.5 Å². The number of nitrogens with one attached hydrogen (secondary N) is 2. The van der Waals surface area contributed by atoms with Crippen LogP contribution in [0.25, 0.3) is 0 Å². The Morgan fingerprint density at radius 1 is 1.15 bits per heavy atom. The molecule has 3 N–H and O–H groups in total. The van der Waals surface area contributed by atoms with Crippen molar-refractivity contribution in [2.75, 3.05) is 11.9 Å². The number of hydrogen-bond donors (Lipinski definition) is 3. The van der Waals surface area contributed by atoms with Crippen LogP contribution in [-0.2, 0) is 11.0 Å². The maximum atomic E-state index is 13.8. The number of aliphatic hydroxyl groups excluding tert-OH is 1. The third-order valence-corrected chi connectivity index (χ3v) is 4.47. The summed E-state index contributed by atoms with van der Waals surface area (Å²) in [5.74, 6) is -5.22. The smallest absolute Gasteiger partial charge is 0.378 e. The molecule has 1 saturated heterocycles. The molecule has 1 fully saturated rings. The number of halogens is 5. The van der Waals surface area contributed by atoms with Crippen molar-refractivity contribution in [3.05, 3.63) is 65.2 Å². The van der Waals surface area contributed by atoms with Gasteiger partial charge in [0.05, 0.1) is 17.2 Å². The molecule has 2 aromatic carbocycles. The maximum Gasteiger partial charge on any atom is 0.416 e. The summed E-state index contributed by atoms with van der Waals surface area (Å²) in [6.45, 7) is 0.0478. The Balaban J connectivity index is 1.87. The largest absolute Gasteiger partial charge is 0.416 e. The Kier molecular flexibility index (Phi) is 5.16. The van der Waals surface area contributed by atoms with E-state index in [1.54, 1.807) is 0 Å². The molecule has 0 bridgehead atoms. The molecule has 144 valence electrons. The average Bonchev–Trinajstić information content (AvgIpc) is 3.00. The molecule has 0 radical (unpaired) electrons. The highest BCUT2D eigenvalue weighted by Gasteiger charge is 2.42. The molecule has 0 saturated carbocycles. The van der Waals surface area contributed by atoms with E-state index in [4.69, 9.17) is 0 Å². The van der Waals surface area contributed by atoms with Crippen LogP contribution in [-0.4, -0.2) is 23.8 Å². The minimum absolute atomic E-state index is 0.0478. The molecular formula is C18H15F5N2O2. The second-order valence-electron chi connectivity index (χ2n) is 6.20. The standard InChI is InChI=1S/C18H15F5N2O2/c19-12-5-2-6-13(15(12)20)25-17(27)14-11(8-24-16(14)26)9-3-1-4-10(7-9)18(21,22)23/h1-7,11,14,16,24,26H,8H2,(H,25,27). The van der Waals surface area contributed by atoms with E-state index in [1.165, 1.54) is 18.2 Å². The molecule has 0 aliphatic carbocycles. The fourth-order valence-electron chi connectivity index (χ4n) is 3.14. The zero-order chi connectivity index (χ0) is 19.8. The van der Waals surface area contributed by atoms with Crippen molar-refractivity contribution < 1.29 is 31.9 Å². The van der Waals surface area contributed by atoms with E-state index in [0.717, 1.165) is 24.3 Å². The van der Waals surface area contributed by atoms with E-state index >= 15 is 0 Å². The molecule has 3 rings (SSSR count). The van der Waals surface area contributed by atoms with Crippen molar-refractivity contribution in [3.8, 4) is 0 Å². The van der Waals surface area contributed by atoms with Gasteiger partial charge in [0.2, 0.25) is 5.91 Å². The van der Waals surface area contributed by atoms with Gasteiger partial charge in [-0.05, 0) is 23.8 Å². The zero-order valence-corrected chi connectivity index (χ0v) is 13.7. The Morgan fingerprint density at radius 3 is 2.56 bits per heavy atom. The molecule has 3 unspecified atom stereocenters. The molecule has 1 amide bonds. The fourth-order valence-corrected chi connectivity index (χ4v) is 3.14. The molecule has 3 atom stereocenters. The van der Waals surface area contributed by atoms with Crippen LogP contribution in [0.4, 0.5) is 27.6 Å². The predicted molar refractivity (Wildman–Crippen MR) is 86.7 cm³/mol. The van der Waals surface area contributed by atoms with Gasteiger partial charge in [0.1, 0.15) is 6.23 Å². The van der Waals surface area contributed by atoms with Crippen molar-refractivity contribution in [2.45, 2.75) is 18.3 Å². The van der Waals surface area contributed by atoms with Crippen molar-refractivity contribution in [1.29, 1.82) is 0 Å². The van der Waals surface area contributed by atoms with Gasteiger partial charge < -0.3 is 10.4 Å². The lowest BCUT2D eigenvalue weighted by Gasteiger charge is -2.21. The summed E-state index contributed by atoms with van der Waals surface area (Å²) in [5.41, 5.74) is -1.09. The van der Waals surface area contributed by atoms with E-state index < -0.39 is 53.0 Å². The van der Waals surface area contributed by atoms with Crippen molar-refractivity contribution in [3.63, 3.8) is 0 Å². The number of carbonyl (C=O) groups excluding carboxylic acids is 1. The number of alkyl halides is 3. The van der Waals surface area contributed by atoms with Crippen LogP contribution in [0.15, 0.2) is 42.5 Å². The molecule has 0 aromatic heterocycles. The van der Waals surface area contributed by atoms with Gasteiger partial charge in [-0.3, -0.25) is 10.1 Å². The van der Waals surface area contributed by atoms with Gasteiger partial charge in [0.25, 0.3) is 0 Å². The molecule has 0 spiro atoms. The molecule has 27 heavy (non-hydrogen) atoms. The minimum atomic E-state index is -4.55. The van der Waals surface area contributed by atoms with Crippen LogP contribution in [0.1, 0.15) is 17.0 Å². The Morgan fingerprint density at radius 2 is 1.85 bits per heavy atom.